The molecule has 0 spiro atoms. The van der Waals surface area contributed by atoms with Gasteiger partial charge in [-0.15, -0.1) is 11.3 Å². The third kappa shape index (κ3) is 4.51. The lowest BCUT2D eigenvalue weighted by Crippen LogP contribution is -2.31. The second-order valence-electron chi connectivity index (χ2n) is 3.41. The highest BCUT2D eigenvalue weighted by Gasteiger charge is 2.08. The molecule has 0 radical (unpaired) electrons. The number of aromatic nitrogens is 1. The van der Waals surface area contributed by atoms with E-state index in [4.69, 9.17) is 5.11 Å². The van der Waals surface area contributed by atoms with Crippen molar-refractivity contribution < 1.29 is 5.11 Å². The molecule has 0 aliphatic carbocycles. The Morgan fingerprint density at radius 1 is 1.67 bits per heavy atom. The van der Waals surface area contributed by atoms with E-state index in [9.17, 15) is 0 Å². The molecular weight excluding hydrogens is 228 g/mol. The van der Waals surface area contributed by atoms with Gasteiger partial charge < -0.3 is 10.4 Å². The van der Waals surface area contributed by atoms with Gasteiger partial charge in [0.15, 0.2) is 0 Å². The number of nitrogens with one attached hydrogen (secondary N) is 1. The Morgan fingerprint density at radius 2 is 2.47 bits per heavy atom. The molecule has 1 heterocycles. The van der Waals surface area contributed by atoms with Gasteiger partial charge in [0, 0.05) is 29.8 Å². The number of hydrogen-bond acceptors (Lipinski definition) is 5. The quantitative estimate of drug-likeness (QED) is 0.768. The largest absolute Gasteiger partial charge is 0.396 e. The Bertz CT molecular complexity index is 272. The van der Waals surface area contributed by atoms with E-state index in [0.717, 1.165) is 24.4 Å². The minimum absolute atomic E-state index is 0.250. The van der Waals surface area contributed by atoms with E-state index in [1.165, 1.54) is 4.88 Å². The predicted molar refractivity (Wildman–Crippen MR) is 67.6 cm³/mol. The number of rotatable bonds is 7. The normalized spacial score (nSPS) is 13.0. The lowest BCUT2D eigenvalue weighted by atomic mass is 10.2. The number of thioether (sulfide) groups is 1. The minimum Gasteiger partial charge on any atom is -0.396 e. The van der Waals surface area contributed by atoms with Crippen molar-refractivity contribution in [2.75, 3.05) is 18.6 Å². The van der Waals surface area contributed by atoms with Crippen molar-refractivity contribution in [2.24, 2.45) is 0 Å². The molecule has 1 aromatic rings. The van der Waals surface area contributed by atoms with Crippen LogP contribution in [-0.2, 0) is 6.54 Å². The Kier molecular flexibility index (Phi) is 6.24. The van der Waals surface area contributed by atoms with E-state index in [1.807, 2.05) is 12.4 Å². The molecular formula is C10H18N2OS2. The summed E-state index contributed by atoms with van der Waals surface area (Å²) in [5, 5.41) is 12.4. The van der Waals surface area contributed by atoms with Gasteiger partial charge in [0.05, 0.1) is 11.2 Å². The summed E-state index contributed by atoms with van der Waals surface area (Å²) < 4.78 is 0. The maximum Gasteiger partial charge on any atom is 0.0798 e. The SMILES string of the molecule is CSCC(CCO)NCc1scnc1C. The summed E-state index contributed by atoms with van der Waals surface area (Å²) in [6, 6.07) is 0.395. The van der Waals surface area contributed by atoms with E-state index in [1.54, 1.807) is 23.1 Å². The molecule has 0 aliphatic heterocycles. The monoisotopic (exact) mass is 246 g/mol. The van der Waals surface area contributed by atoms with Crippen molar-refractivity contribution in [3.8, 4) is 0 Å². The first-order valence-electron chi connectivity index (χ1n) is 5.00. The van der Waals surface area contributed by atoms with Crippen molar-refractivity contribution in [3.05, 3.63) is 16.1 Å². The van der Waals surface area contributed by atoms with Crippen molar-refractivity contribution in [1.82, 2.24) is 10.3 Å². The molecule has 1 aromatic heterocycles. The number of nitrogens with zero attached hydrogens (tertiary/aromatic N) is 1. The van der Waals surface area contributed by atoms with Crippen LogP contribution in [0.4, 0.5) is 0 Å². The first-order chi connectivity index (χ1) is 7.27. The van der Waals surface area contributed by atoms with Crippen molar-refractivity contribution in [3.63, 3.8) is 0 Å². The first kappa shape index (κ1) is 13.0. The van der Waals surface area contributed by atoms with Gasteiger partial charge in [0.2, 0.25) is 0 Å². The molecule has 3 nitrogen and oxygen atoms in total. The number of aliphatic hydroxyl groups excluding tert-OH is 1. The predicted octanol–water partition coefficient (Wildman–Crippen LogP) is 1.66. The van der Waals surface area contributed by atoms with Crippen LogP contribution in [0.25, 0.3) is 0 Å². The fourth-order valence-corrected chi connectivity index (χ4v) is 2.75. The van der Waals surface area contributed by atoms with Crippen molar-refractivity contribution >= 4 is 23.1 Å². The highest BCUT2D eigenvalue weighted by atomic mass is 32.2. The van der Waals surface area contributed by atoms with Gasteiger partial charge in [-0.05, 0) is 19.6 Å². The van der Waals surface area contributed by atoms with Gasteiger partial charge in [-0.3, -0.25) is 0 Å². The van der Waals surface area contributed by atoms with E-state index >= 15 is 0 Å². The molecule has 0 bridgehead atoms. The van der Waals surface area contributed by atoms with Crippen LogP contribution in [-0.4, -0.2) is 34.7 Å². The summed E-state index contributed by atoms with van der Waals surface area (Å²) in [5.74, 6) is 1.04. The third-order valence-corrected chi connectivity index (χ3v) is 3.91. The zero-order valence-electron chi connectivity index (χ0n) is 9.19. The van der Waals surface area contributed by atoms with E-state index in [2.05, 4.69) is 16.6 Å². The lowest BCUT2D eigenvalue weighted by molar-refractivity contribution is 0.270. The first-order valence-corrected chi connectivity index (χ1v) is 7.27. The van der Waals surface area contributed by atoms with Gasteiger partial charge in [-0.25, -0.2) is 4.98 Å². The maximum absolute atomic E-state index is 8.92. The van der Waals surface area contributed by atoms with E-state index in [0.29, 0.717) is 6.04 Å². The molecule has 1 unspecified atom stereocenters. The Labute approximate surface area is 99.3 Å². The number of hydrogen-bond donors (Lipinski definition) is 2. The van der Waals surface area contributed by atoms with Gasteiger partial charge in [-0.2, -0.15) is 11.8 Å². The molecule has 0 saturated carbocycles. The van der Waals surface area contributed by atoms with Crippen LogP contribution in [0, 0.1) is 6.92 Å². The average Bonchev–Trinajstić information content (AvgIpc) is 2.61. The summed E-state index contributed by atoms with van der Waals surface area (Å²) >= 11 is 3.49. The van der Waals surface area contributed by atoms with Gasteiger partial charge >= 0.3 is 0 Å². The van der Waals surface area contributed by atoms with Crippen molar-refractivity contribution in [2.45, 2.75) is 25.9 Å². The Hall–Kier alpha value is -0.100. The van der Waals surface area contributed by atoms with E-state index in [-0.39, 0.29) is 6.61 Å². The molecule has 5 heteroatoms. The van der Waals surface area contributed by atoms with Crippen molar-refractivity contribution in [1.29, 1.82) is 0 Å². The smallest absolute Gasteiger partial charge is 0.0798 e. The standard InChI is InChI=1S/C10H18N2OS2/c1-8-10(15-7-12-8)5-11-9(3-4-13)6-14-2/h7,9,11,13H,3-6H2,1-2H3. The fraction of sp³-hybridized carbons (Fsp3) is 0.700. The Balaban J connectivity index is 2.36. The molecule has 0 fully saturated rings. The number of aliphatic hydroxyl groups is 1. The Morgan fingerprint density at radius 3 is 3.00 bits per heavy atom. The van der Waals surface area contributed by atoms with Gasteiger partial charge in [0.1, 0.15) is 0 Å². The highest BCUT2D eigenvalue weighted by molar-refractivity contribution is 7.98. The van der Waals surface area contributed by atoms with Crippen LogP contribution in [0.3, 0.4) is 0 Å². The number of aryl methyl sites for hydroxylation is 1. The summed E-state index contributed by atoms with van der Waals surface area (Å²) in [6.45, 7) is 3.14. The summed E-state index contributed by atoms with van der Waals surface area (Å²) in [6.07, 6.45) is 2.91. The molecule has 1 atom stereocenters. The summed E-state index contributed by atoms with van der Waals surface area (Å²) in [7, 11) is 0. The molecule has 0 saturated heterocycles. The van der Waals surface area contributed by atoms with Crippen LogP contribution in [0.1, 0.15) is 17.0 Å². The van der Waals surface area contributed by atoms with Gasteiger partial charge in [-0.1, -0.05) is 0 Å². The zero-order valence-corrected chi connectivity index (χ0v) is 10.8. The molecule has 2 N–H and O–H groups in total. The van der Waals surface area contributed by atoms with Gasteiger partial charge in [0.25, 0.3) is 0 Å². The van der Waals surface area contributed by atoms with Crippen LogP contribution < -0.4 is 5.32 Å². The molecule has 0 aliphatic rings. The molecule has 86 valence electrons. The molecule has 0 amide bonds. The van der Waals surface area contributed by atoms with Crippen LogP contribution >= 0.6 is 23.1 Å². The molecule has 1 rings (SSSR count). The van der Waals surface area contributed by atoms with Crippen LogP contribution in [0.5, 0.6) is 0 Å². The topological polar surface area (TPSA) is 45.1 Å². The van der Waals surface area contributed by atoms with Crippen LogP contribution in [0.15, 0.2) is 5.51 Å². The summed E-state index contributed by atoms with van der Waals surface area (Å²) in [5.41, 5.74) is 2.99. The summed E-state index contributed by atoms with van der Waals surface area (Å²) in [4.78, 5) is 5.50. The van der Waals surface area contributed by atoms with Crippen LogP contribution in [0.2, 0.25) is 0 Å². The zero-order chi connectivity index (χ0) is 11.1. The third-order valence-electron chi connectivity index (χ3n) is 2.24. The number of thiazole rings is 1. The highest BCUT2D eigenvalue weighted by Crippen LogP contribution is 2.12. The van der Waals surface area contributed by atoms with E-state index < -0.39 is 0 Å². The maximum atomic E-state index is 8.92. The second-order valence-corrected chi connectivity index (χ2v) is 5.26. The second kappa shape index (κ2) is 7.22. The lowest BCUT2D eigenvalue weighted by Gasteiger charge is -2.16. The fourth-order valence-electron chi connectivity index (χ4n) is 1.33. The molecule has 15 heavy (non-hydrogen) atoms. The average molecular weight is 246 g/mol. The molecule has 0 aromatic carbocycles. The minimum atomic E-state index is 0.250.